The number of aliphatic hydroxyl groups excluding tert-OH is 3. The zero-order valence-corrected chi connectivity index (χ0v) is 32.0. The number of rotatable bonds is 15. The van der Waals surface area contributed by atoms with Gasteiger partial charge in [-0.2, -0.15) is 0 Å². The van der Waals surface area contributed by atoms with Crippen molar-refractivity contribution in [1.82, 2.24) is 0 Å². The molecule has 0 bridgehead atoms. The molecule has 3 aromatic carbocycles. The topological polar surface area (TPSA) is 231 Å². The van der Waals surface area contributed by atoms with Crippen molar-refractivity contribution in [1.29, 1.82) is 0 Å². The van der Waals surface area contributed by atoms with Crippen LogP contribution >= 0.6 is 0 Å². The molecule has 6 N–H and O–H groups in total. The van der Waals surface area contributed by atoms with Crippen LogP contribution in [0, 0.1) is 5.92 Å². The fraction of sp³-hybridized carbons (Fsp3) is 0.462. The molecule has 56 heavy (non-hydrogen) atoms. The normalized spacial score (nSPS) is 24.6. The number of hydrogen-bond acceptors (Lipinski definition) is 17. The zero-order valence-electron chi connectivity index (χ0n) is 32.0. The molecule has 0 amide bonds. The molecule has 0 spiro atoms. The SMILES string of the molecule is COc1cc(C=CC(=O)OC[C@@H]2O[C@@H](OC[C@H]3[C@@H](c4cc(OC)c(O)c(OC)c4)c4c(cc(OC)c(O)c4OC)C[C@H]3OC)[C@@H](O)[C@@H](O)[C@@H]2O)cc(OC)c1O. The Balaban J connectivity index is 1.41. The van der Waals surface area contributed by atoms with Crippen molar-refractivity contribution in [3.63, 3.8) is 0 Å². The van der Waals surface area contributed by atoms with Crippen LogP contribution in [-0.4, -0.2) is 136 Å². The van der Waals surface area contributed by atoms with Gasteiger partial charge in [0.05, 0.1) is 55.4 Å². The molecule has 1 saturated heterocycles. The van der Waals surface area contributed by atoms with Crippen LogP contribution in [0.15, 0.2) is 36.4 Å². The monoisotopic (exact) mass is 788 g/mol. The van der Waals surface area contributed by atoms with Crippen molar-refractivity contribution in [3.8, 4) is 51.7 Å². The van der Waals surface area contributed by atoms with Gasteiger partial charge in [0.2, 0.25) is 17.2 Å². The quantitative estimate of drug-likeness (QED) is 0.0958. The van der Waals surface area contributed by atoms with Gasteiger partial charge < -0.3 is 78.0 Å². The average molecular weight is 789 g/mol. The lowest BCUT2D eigenvalue weighted by Crippen LogP contribution is -2.59. The summed E-state index contributed by atoms with van der Waals surface area (Å²) in [6, 6.07) is 7.85. The van der Waals surface area contributed by atoms with E-state index in [1.807, 2.05) is 0 Å². The van der Waals surface area contributed by atoms with Crippen LogP contribution in [0.5, 0.6) is 51.7 Å². The molecule has 306 valence electrons. The fourth-order valence-corrected chi connectivity index (χ4v) is 7.11. The Hall–Kier alpha value is -5.17. The Morgan fingerprint density at radius 2 is 1.27 bits per heavy atom. The van der Waals surface area contributed by atoms with Crippen molar-refractivity contribution in [3.05, 3.63) is 58.7 Å². The first-order valence-electron chi connectivity index (χ1n) is 17.4. The van der Waals surface area contributed by atoms with Crippen molar-refractivity contribution < 1.29 is 82.8 Å². The van der Waals surface area contributed by atoms with Crippen LogP contribution in [0.3, 0.4) is 0 Å². The highest BCUT2D eigenvalue weighted by Gasteiger charge is 2.47. The van der Waals surface area contributed by atoms with E-state index in [2.05, 4.69) is 0 Å². The van der Waals surface area contributed by atoms with Crippen molar-refractivity contribution in [2.75, 3.05) is 63.0 Å². The van der Waals surface area contributed by atoms with Gasteiger partial charge in [0, 0.05) is 30.6 Å². The number of ether oxygens (including phenoxy) is 10. The van der Waals surface area contributed by atoms with Crippen molar-refractivity contribution in [2.24, 2.45) is 5.92 Å². The molecule has 5 rings (SSSR count). The molecule has 0 aromatic heterocycles. The van der Waals surface area contributed by atoms with Gasteiger partial charge in [0.1, 0.15) is 31.0 Å². The fourth-order valence-electron chi connectivity index (χ4n) is 7.11. The molecule has 1 fully saturated rings. The number of fused-ring (bicyclic) bond motifs is 1. The summed E-state index contributed by atoms with van der Waals surface area (Å²) in [5.74, 6) is -2.08. The van der Waals surface area contributed by atoms with E-state index >= 15 is 0 Å². The van der Waals surface area contributed by atoms with E-state index < -0.39 is 61.2 Å². The lowest BCUT2D eigenvalue weighted by Gasteiger charge is -2.43. The predicted molar refractivity (Wildman–Crippen MR) is 196 cm³/mol. The van der Waals surface area contributed by atoms with Gasteiger partial charge in [0.15, 0.2) is 40.8 Å². The van der Waals surface area contributed by atoms with Gasteiger partial charge in [-0.1, -0.05) is 0 Å². The molecule has 0 saturated carbocycles. The van der Waals surface area contributed by atoms with Gasteiger partial charge in [0.25, 0.3) is 0 Å². The summed E-state index contributed by atoms with van der Waals surface area (Å²) < 4.78 is 55.7. The van der Waals surface area contributed by atoms with Crippen LogP contribution in [0.4, 0.5) is 0 Å². The summed E-state index contributed by atoms with van der Waals surface area (Å²) in [7, 11) is 9.84. The smallest absolute Gasteiger partial charge is 0.330 e. The molecule has 3 aromatic rings. The third-order valence-corrected chi connectivity index (χ3v) is 10.00. The number of phenolic OH excluding ortho intramolecular Hbond substituents is 3. The zero-order chi connectivity index (χ0) is 40.8. The second-order valence-corrected chi connectivity index (χ2v) is 13.0. The maximum atomic E-state index is 12.7. The summed E-state index contributed by atoms with van der Waals surface area (Å²) in [4.78, 5) is 12.7. The molecule has 17 nitrogen and oxygen atoms in total. The number of aliphatic hydroxyl groups is 3. The molecule has 0 unspecified atom stereocenters. The Bertz CT molecular complexity index is 1830. The molecule has 2 aliphatic rings. The lowest BCUT2D eigenvalue weighted by molar-refractivity contribution is -0.305. The summed E-state index contributed by atoms with van der Waals surface area (Å²) in [6.45, 7) is -0.717. The van der Waals surface area contributed by atoms with Gasteiger partial charge in [-0.3, -0.25) is 0 Å². The maximum Gasteiger partial charge on any atom is 0.330 e. The largest absolute Gasteiger partial charge is 0.502 e. The van der Waals surface area contributed by atoms with Gasteiger partial charge in [-0.05, 0) is 59.5 Å². The van der Waals surface area contributed by atoms with Gasteiger partial charge in [-0.15, -0.1) is 0 Å². The second kappa shape index (κ2) is 18.2. The first kappa shape index (κ1) is 42.0. The van der Waals surface area contributed by atoms with E-state index in [0.717, 1.165) is 11.6 Å². The van der Waals surface area contributed by atoms with Gasteiger partial charge in [-0.25, -0.2) is 4.79 Å². The van der Waals surface area contributed by atoms with E-state index in [0.29, 0.717) is 23.1 Å². The van der Waals surface area contributed by atoms with E-state index in [4.69, 9.17) is 47.4 Å². The summed E-state index contributed by atoms with van der Waals surface area (Å²) in [5.41, 5.74) is 2.29. The first-order valence-corrected chi connectivity index (χ1v) is 17.4. The highest BCUT2D eigenvalue weighted by molar-refractivity contribution is 5.87. The number of esters is 1. The van der Waals surface area contributed by atoms with Crippen LogP contribution < -0.4 is 28.4 Å². The Labute approximate surface area is 323 Å². The number of phenols is 3. The lowest BCUT2D eigenvalue weighted by atomic mass is 9.69. The highest BCUT2D eigenvalue weighted by atomic mass is 16.7. The van der Waals surface area contributed by atoms with E-state index in [9.17, 15) is 35.4 Å². The van der Waals surface area contributed by atoms with Gasteiger partial charge >= 0.3 is 5.97 Å². The average Bonchev–Trinajstić information content (AvgIpc) is 3.21. The number of methoxy groups -OCH3 is 7. The maximum absolute atomic E-state index is 12.7. The third kappa shape index (κ3) is 8.33. The van der Waals surface area contributed by atoms with E-state index in [-0.39, 0.29) is 58.4 Å². The molecule has 1 aliphatic carbocycles. The van der Waals surface area contributed by atoms with Crippen molar-refractivity contribution in [2.45, 2.75) is 49.1 Å². The van der Waals surface area contributed by atoms with Crippen LogP contribution in [-0.2, 0) is 30.2 Å². The van der Waals surface area contributed by atoms with Crippen LogP contribution in [0.2, 0.25) is 0 Å². The summed E-state index contributed by atoms with van der Waals surface area (Å²) in [6.07, 6.45) is -5.73. The Morgan fingerprint density at radius 3 is 1.80 bits per heavy atom. The van der Waals surface area contributed by atoms with E-state index in [1.54, 1.807) is 18.2 Å². The summed E-state index contributed by atoms with van der Waals surface area (Å²) in [5, 5.41) is 64.6. The third-order valence-electron chi connectivity index (χ3n) is 10.00. The minimum absolute atomic E-state index is 0.106. The Kier molecular flexibility index (Phi) is 13.6. The summed E-state index contributed by atoms with van der Waals surface area (Å²) >= 11 is 0. The first-order chi connectivity index (χ1) is 26.8. The number of aromatic hydroxyl groups is 3. The highest BCUT2D eigenvalue weighted by Crippen LogP contribution is 2.54. The minimum atomic E-state index is -1.75. The number of carbonyl (C=O) groups is 1. The molecule has 1 heterocycles. The molecule has 1 aliphatic heterocycles. The van der Waals surface area contributed by atoms with Crippen molar-refractivity contribution >= 4 is 12.0 Å². The molecule has 8 atom stereocenters. The number of hydrogen-bond donors (Lipinski definition) is 6. The van der Waals surface area contributed by atoms with Crippen LogP contribution in [0.25, 0.3) is 6.08 Å². The molecule has 0 radical (unpaired) electrons. The van der Waals surface area contributed by atoms with Crippen LogP contribution in [0.1, 0.15) is 28.2 Å². The standard InChI is InChI=1S/C39H48O17/c1-47-22-12-20-15-27(52-6)35(44)38(53-7)31(20)30(19-13-25(50-4)33(42)26(14-19)51-5)21(22)16-55-39-37(46)36(45)34(43)28(56-39)17-54-29(40)9-8-18-10-23(48-2)32(41)24(11-18)49-3/h8-11,13-15,21-22,28,30,34,36-37,39,41-46H,12,16-17H2,1-7H3/t21-,22-,28+,30-,34-,36+,37+,39-/m1/s1. The number of carbonyl (C=O) groups excluding carboxylic acids is 1. The molecular formula is C39H48O17. The Morgan fingerprint density at radius 1 is 0.714 bits per heavy atom. The molecule has 17 heteroatoms. The predicted octanol–water partition coefficient (Wildman–Crippen LogP) is 2.25. The second-order valence-electron chi connectivity index (χ2n) is 13.0. The molecular weight excluding hydrogens is 740 g/mol. The minimum Gasteiger partial charge on any atom is -0.502 e. The van der Waals surface area contributed by atoms with E-state index in [1.165, 1.54) is 68.0 Å². The number of benzene rings is 3.